The lowest BCUT2D eigenvalue weighted by Gasteiger charge is -2.26. The van der Waals surface area contributed by atoms with Crippen LogP contribution in [0.3, 0.4) is 0 Å². The molecule has 0 bridgehead atoms. The first kappa shape index (κ1) is 25.8. The number of amides is 2. The van der Waals surface area contributed by atoms with Crippen molar-refractivity contribution in [2.24, 2.45) is 5.92 Å². The second kappa shape index (κ2) is 11.9. The van der Waals surface area contributed by atoms with Crippen LogP contribution in [0, 0.1) is 17.6 Å². The van der Waals surface area contributed by atoms with E-state index in [1.807, 2.05) is 0 Å². The molecule has 0 radical (unpaired) electrons. The van der Waals surface area contributed by atoms with Gasteiger partial charge in [-0.05, 0) is 43.7 Å². The van der Waals surface area contributed by atoms with E-state index in [1.165, 1.54) is 6.92 Å². The smallest absolute Gasteiger partial charge is 0.412 e. The highest BCUT2D eigenvalue weighted by atomic mass is 19.1. The zero-order chi connectivity index (χ0) is 24.5. The van der Waals surface area contributed by atoms with Crippen molar-refractivity contribution in [3.05, 3.63) is 70.8 Å². The van der Waals surface area contributed by atoms with E-state index in [0.29, 0.717) is 23.0 Å². The van der Waals surface area contributed by atoms with E-state index >= 15 is 0 Å². The predicted molar refractivity (Wildman–Crippen MR) is 116 cm³/mol. The summed E-state index contributed by atoms with van der Waals surface area (Å²) in [7, 11) is 0. The highest BCUT2D eigenvalue weighted by molar-refractivity contribution is 5.92. The molecule has 10 heteroatoms. The number of carbonyl (C=O) groups excluding carboxylic acids is 2. The third-order valence-electron chi connectivity index (χ3n) is 5.14. The van der Waals surface area contributed by atoms with Gasteiger partial charge in [0.1, 0.15) is 30.1 Å². The van der Waals surface area contributed by atoms with Crippen molar-refractivity contribution in [2.75, 3.05) is 18.5 Å². The van der Waals surface area contributed by atoms with Crippen LogP contribution in [0.2, 0.25) is 0 Å². The fraction of sp³-hybridized carbons (Fsp3) is 0.304. The summed E-state index contributed by atoms with van der Waals surface area (Å²) in [5, 5.41) is 20.1. The van der Waals surface area contributed by atoms with Crippen LogP contribution in [0.5, 0.6) is 5.75 Å². The van der Waals surface area contributed by atoms with Crippen molar-refractivity contribution in [1.29, 1.82) is 0 Å². The summed E-state index contributed by atoms with van der Waals surface area (Å²) >= 11 is 0. The number of hydrogen-bond donors (Lipinski definition) is 4. The van der Waals surface area contributed by atoms with Gasteiger partial charge in [0.15, 0.2) is 0 Å². The molecule has 2 atom stereocenters. The number of ether oxygens (including phenoxy) is 2. The molecule has 0 fully saturated rings. The number of hydroxylamine groups is 1. The van der Waals surface area contributed by atoms with Crippen molar-refractivity contribution in [1.82, 2.24) is 5.48 Å². The molecule has 0 heterocycles. The van der Waals surface area contributed by atoms with Gasteiger partial charge in [0.2, 0.25) is 0 Å². The van der Waals surface area contributed by atoms with E-state index in [9.17, 15) is 18.4 Å². The third kappa shape index (κ3) is 6.99. The van der Waals surface area contributed by atoms with Crippen molar-refractivity contribution < 1.29 is 38.2 Å². The zero-order valence-corrected chi connectivity index (χ0v) is 18.4. The van der Waals surface area contributed by atoms with Crippen LogP contribution in [-0.2, 0) is 9.53 Å². The van der Waals surface area contributed by atoms with Gasteiger partial charge in [-0.2, -0.15) is 0 Å². The van der Waals surface area contributed by atoms with Crippen molar-refractivity contribution in [3.63, 3.8) is 0 Å². The first-order valence-corrected chi connectivity index (χ1v) is 10.1. The van der Waals surface area contributed by atoms with Gasteiger partial charge in [0.05, 0.1) is 12.3 Å². The van der Waals surface area contributed by atoms with E-state index < -0.39 is 35.7 Å². The molecule has 0 aliphatic carbocycles. The summed E-state index contributed by atoms with van der Waals surface area (Å²) in [6.45, 7) is 4.84. The molecule has 33 heavy (non-hydrogen) atoms. The Balaban J connectivity index is 2.33. The molecule has 178 valence electrons. The SMILES string of the molecule is C/C(C(=O)NO)=C(/C)[C@@H](C)[C@H](OC(=O)Nc1ccc(F)cc1F)c1ccc(OCCO)cc1. The summed E-state index contributed by atoms with van der Waals surface area (Å²) in [6, 6.07) is 9.23. The number of benzene rings is 2. The number of nitrogens with one attached hydrogen (secondary N) is 2. The Labute approximate surface area is 189 Å². The van der Waals surface area contributed by atoms with Crippen LogP contribution in [0.4, 0.5) is 19.3 Å². The van der Waals surface area contributed by atoms with Crippen molar-refractivity contribution in [2.45, 2.75) is 26.9 Å². The lowest BCUT2D eigenvalue weighted by atomic mass is 9.88. The Bertz CT molecular complexity index is 1010. The standard InChI is InChI=1S/C23H26F2N2O6/c1-13(15(3)22(29)27-31)14(2)21(16-4-7-18(8-5-16)32-11-10-28)33-23(30)26-20-9-6-17(24)12-19(20)25/h4-9,12,14,21,28,31H,10-11H2,1-3H3,(H,26,30)(H,27,29)/b15-13+/t14-,21+/m1/s1. The molecule has 0 aromatic heterocycles. The fourth-order valence-corrected chi connectivity index (χ4v) is 3.05. The Morgan fingerprint density at radius 2 is 1.76 bits per heavy atom. The van der Waals surface area contributed by atoms with Crippen LogP contribution in [0.15, 0.2) is 53.6 Å². The molecule has 0 saturated carbocycles. The number of halogens is 2. The average molecular weight is 464 g/mol. The van der Waals surface area contributed by atoms with Gasteiger partial charge in [-0.3, -0.25) is 15.3 Å². The maximum Gasteiger partial charge on any atom is 0.412 e. The van der Waals surface area contributed by atoms with Gasteiger partial charge in [-0.25, -0.2) is 19.1 Å². The Morgan fingerprint density at radius 3 is 2.33 bits per heavy atom. The van der Waals surface area contributed by atoms with E-state index in [-0.39, 0.29) is 24.5 Å². The predicted octanol–water partition coefficient (Wildman–Crippen LogP) is 4.10. The molecule has 0 spiro atoms. The molecule has 4 N–H and O–H groups in total. The van der Waals surface area contributed by atoms with Crippen LogP contribution in [0.25, 0.3) is 0 Å². The molecule has 2 aromatic carbocycles. The lowest BCUT2D eigenvalue weighted by molar-refractivity contribution is -0.125. The van der Waals surface area contributed by atoms with Gasteiger partial charge in [-0.1, -0.05) is 24.6 Å². The summed E-state index contributed by atoms with van der Waals surface area (Å²) in [4.78, 5) is 24.4. The number of aliphatic hydroxyl groups is 1. The molecule has 2 rings (SSSR count). The maximum atomic E-state index is 13.9. The number of anilines is 1. The molecule has 2 aromatic rings. The Morgan fingerprint density at radius 1 is 1.09 bits per heavy atom. The number of carbonyl (C=O) groups is 2. The zero-order valence-electron chi connectivity index (χ0n) is 18.4. The second-order valence-corrected chi connectivity index (χ2v) is 7.25. The molecule has 0 unspecified atom stereocenters. The minimum absolute atomic E-state index is 0.110. The Kier molecular flexibility index (Phi) is 9.31. The van der Waals surface area contributed by atoms with E-state index in [0.717, 1.165) is 12.1 Å². The van der Waals surface area contributed by atoms with Crippen LogP contribution in [0.1, 0.15) is 32.4 Å². The van der Waals surface area contributed by atoms with Crippen LogP contribution >= 0.6 is 0 Å². The quantitative estimate of drug-likeness (QED) is 0.252. The first-order valence-electron chi connectivity index (χ1n) is 10.1. The van der Waals surface area contributed by atoms with E-state index in [2.05, 4.69) is 5.32 Å². The largest absolute Gasteiger partial charge is 0.491 e. The molecule has 0 saturated heterocycles. The molecular formula is C23H26F2N2O6. The highest BCUT2D eigenvalue weighted by Gasteiger charge is 2.27. The number of aliphatic hydroxyl groups excluding tert-OH is 1. The van der Waals surface area contributed by atoms with Crippen molar-refractivity contribution >= 4 is 17.7 Å². The summed E-state index contributed by atoms with van der Waals surface area (Å²) in [5.41, 5.74) is 2.61. The third-order valence-corrected chi connectivity index (χ3v) is 5.14. The summed E-state index contributed by atoms with van der Waals surface area (Å²) in [6.07, 6.45) is -1.91. The van der Waals surface area contributed by atoms with Gasteiger partial charge in [0, 0.05) is 17.6 Å². The number of hydrogen-bond acceptors (Lipinski definition) is 6. The van der Waals surface area contributed by atoms with E-state index in [1.54, 1.807) is 43.6 Å². The van der Waals surface area contributed by atoms with Gasteiger partial charge >= 0.3 is 6.09 Å². The van der Waals surface area contributed by atoms with Gasteiger partial charge in [0.25, 0.3) is 5.91 Å². The number of rotatable bonds is 9. The summed E-state index contributed by atoms with van der Waals surface area (Å²) < 4.78 is 38.0. The molecule has 8 nitrogen and oxygen atoms in total. The van der Waals surface area contributed by atoms with Gasteiger partial charge < -0.3 is 14.6 Å². The fourth-order valence-electron chi connectivity index (χ4n) is 3.05. The minimum Gasteiger partial charge on any atom is -0.491 e. The van der Waals surface area contributed by atoms with Crippen molar-refractivity contribution in [3.8, 4) is 5.75 Å². The van der Waals surface area contributed by atoms with Crippen LogP contribution < -0.4 is 15.5 Å². The first-order chi connectivity index (χ1) is 15.7. The Hall–Kier alpha value is -3.50. The molecule has 0 aliphatic heterocycles. The lowest BCUT2D eigenvalue weighted by Crippen LogP contribution is -2.25. The molecular weight excluding hydrogens is 438 g/mol. The van der Waals surface area contributed by atoms with E-state index in [4.69, 9.17) is 19.8 Å². The minimum atomic E-state index is -0.991. The summed E-state index contributed by atoms with van der Waals surface area (Å²) in [5.74, 6) is -2.51. The second-order valence-electron chi connectivity index (χ2n) is 7.25. The molecule has 0 aliphatic rings. The van der Waals surface area contributed by atoms with Gasteiger partial charge in [-0.15, -0.1) is 0 Å². The normalized spacial score (nSPS) is 13.4. The monoisotopic (exact) mass is 464 g/mol. The maximum absolute atomic E-state index is 13.9. The average Bonchev–Trinajstić information content (AvgIpc) is 2.81. The van der Waals surface area contributed by atoms with Crippen LogP contribution in [-0.4, -0.2) is 35.5 Å². The topological polar surface area (TPSA) is 117 Å². The molecule has 2 amide bonds. The highest BCUT2D eigenvalue weighted by Crippen LogP contribution is 2.34.